The van der Waals surface area contributed by atoms with E-state index >= 15 is 0 Å². The van der Waals surface area contributed by atoms with Crippen molar-refractivity contribution in [2.24, 2.45) is 0 Å². The average Bonchev–Trinajstić information content (AvgIpc) is 2.83. The van der Waals surface area contributed by atoms with Gasteiger partial charge in [0, 0.05) is 24.5 Å². The van der Waals surface area contributed by atoms with E-state index in [0.29, 0.717) is 0 Å². The lowest BCUT2D eigenvalue weighted by molar-refractivity contribution is 0.875. The van der Waals surface area contributed by atoms with Crippen LogP contribution in [-0.4, -0.2) is 21.5 Å². The van der Waals surface area contributed by atoms with Crippen molar-refractivity contribution in [3.05, 3.63) is 23.5 Å². The third kappa shape index (κ3) is 3.00. The maximum atomic E-state index is 4.57. The fourth-order valence-electron chi connectivity index (χ4n) is 1.59. The molecule has 0 aromatic carbocycles. The topological polar surface area (TPSA) is 50.7 Å². The lowest BCUT2D eigenvalue weighted by Gasteiger charge is -2.07. The highest BCUT2D eigenvalue weighted by Crippen LogP contribution is 2.21. The maximum absolute atomic E-state index is 4.57. The molecule has 2 heterocycles. The zero-order valence-corrected chi connectivity index (χ0v) is 10.9. The van der Waals surface area contributed by atoms with E-state index in [9.17, 15) is 0 Å². The molecule has 2 aromatic rings. The summed E-state index contributed by atoms with van der Waals surface area (Å²) < 4.78 is 0. The molecule has 0 fully saturated rings. The fraction of sp³-hybridized carbons (Fsp3) is 0.417. The van der Waals surface area contributed by atoms with Crippen LogP contribution in [0.15, 0.2) is 17.8 Å². The van der Waals surface area contributed by atoms with Gasteiger partial charge in [0.05, 0.1) is 10.4 Å². The predicted molar refractivity (Wildman–Crippen MR) is 71.3 cm³/mol. The first-order chi connectivity index (χ1) is 8.33. The van der Waals surface area contributed by atoms with Crippen LogP contribution in [0, 0.1) is 0 Å². The van der Waals surface area contributed by atoms with Crippen LogP contribution in [0.3, 0.4) is 0 Å². The van der Waals surface area contributed by atoms with Gasteiger partial charge in [-0.1, -0.05) is 13.3 Å². The van der Waals surface area contributed by atoms with E-state index in [1.54, 1.807) is 16.8 Å². The molecule has 0 unspecified atom stereocenters. The van der Waals surface area contributed by atoms with E-state index in [1.807, 2.05) is 12.3 Å². The van der Waals surface area contributed by atoms with Gasteiger partial charge in [-0.15, -0.1) is 11.3 Å². The second kappa shape index (κ2) is 5.72. The van der Waals surface area contributed by atoms with Gasteiger partial charge in [0.15, 0.2) is 5.82 Å². The highest BCUT2D eigenvalue weighted by molar-refractivity contribution is 7.13. The molecule has 0 amide bonds. The number of hydrogen-bond donors (Lipinski definition) is 1. The molecule has 2 rings (SSSR count). The monoisotopic (exact) mass is 248 g/mol. The summed E-state index contributed by atoms with van der Waals surface area (Å²) >= 11 is 1.57. The summed E-state index contributed by atoms with van der Waals surface area (Å²) in [6.07, 6.45) is 3.88. The summed E-state index contributed by atoms with van der Waals surface area (Å²) in [6.45, 7) is 5.08. The molecule has 0 atom stereocenters. The number of thiazole rings is 1. The van der Waals surface area contributed by atoms with Gasteiger partial charge in [0.25, 0.3) is 0 Å². The van der Waals surface area contributed by atoms with Gasteiger partial charge in [-0.05, 0) is 13.3 Å². The molecule has 2 aromatic heterocycles. The van der Waals surface area contributed by atoms with E-state index in [1.165, 1.54) is 0 Å². The van der Waals surface area contributed by atoms with Gasteiger partial charge < -0.3 is 5.32 Å². The Balaban J connectivity index is 2.37. The van der Waals surface area contributed by atoms with Crippen molar-refractivity contribution >= 4 is 17.2 Å². The minimum absolute atomic E-state index is 0.773. The van der Waals surface area contributed by atoms with Crippen molar-refractivity contribution in [3.8, 4) is 10.7 Å². The Morgan fingerprint density at radius 2 is 2.18 bits per heavy atom. The molecule has 5 heteroatoms. The van der Waals surface area contributed by atoms with Crippen LogP contribution in [-0.2, 0) is 6.42 Å². The summed E-state index contributed by atoms with van der Waals surface area (Å²) in [5.74, 6) is 1.67. The van der Waals surface area contributed by atoms with Crippen LogP contribution in [0.5, 0.6) is 0 Å². The summed E-state index contributed by atoms with van der Waals surface area (Å²) in [7, 11) is 0. The highest BCUT2D eigenvalue weighted by Gasteiger charge is 2.07. The summed E-state index contributed by atoms with van der Waals surface area (Å²) in [6, 6.07) is 2.03. The van der Waals surface area contributed by atoms with Crippen LogP contribution in [0.4, 0.5) is 5.82 Å². The lowest BCUT2D eigenvalue weighted by Crippen LogP contribution is -2.03. The summed E-state index contributed by atoms with van der Waals surface area (Å²) in [5.41, 5.74) is 2.89. The first kappa shape index (κ1) is 12.0. The quantitative estimate of drug-likeness (QED) is 0.883. The molecular formula is C12H16N4S. The SMILES string of the molecule is CCCc1cc(NCC)nc(-c2cncs2)n1. The third-order valence-electron chi connectivity index (χ3n) is 2.30. The number of nitrogens with zero attached hydrogens (tertiary/aromatic N) is 3. The largest absolute Gasteiger partial charge is 0.370 e. The van der Waals surface area contributed by atoms with Crippen molar-refractivity contribution < 1.29 is 0 Å². The molecule has 0 saturated carbocycles. The maximum Gasteiger partial charge on any atom is 0.173 e. The Labute approximate surface area is 105 Å². The van der Waals surface area contributed by atoms with E-state index in [2.05, 4.69) is 34.1 Å². The van der Waals surface area contributed by atoms with E-state index < -0.39 is 0 Å². The van der Waals surface area contributed by atoms with Gasteiger partial charge in [0.1, 0.15) is 5.82 Å². The average molecular weight is 248 g/mol. The van der Waals surface area contributed by atoms with Crippen molar-refractivity contribution in [2.75, 3.05) is 11.9 Å². The van der Waals surface area contributed by atoms with E-state index in [-0.39, 0.29) is 0 Å². The summed E-state index contributed by atoms with van der Waals surface area (Å²) in [4.78, 5) is 14.1. The number of aromatic nitrogens is 3. The molecule has 0 aliphatic heterocycles. The Kier molecular flexibility index (Phi) is 4.03. The molecule has 17 heavy (non-hydrogen) atoms. The second-order valence-corrected chi connectivity index (χ2v) is 4.60. The number of aryl methyl sites for hydroxylation is 1. The van der Waals surface area contributed by atoms with Crippen LogP contribution in [0.1, 0.15) is 26.0 Å². The zero-order valence-electron chi connectivity index (χ0n) is 10.1. The highest BCUT2D eigenvalue weighted by atomic mass is 32.1. The number of hydrogen-bond acceptors (Lipinski definition) is 5. The van der Waals surface area contributed by atoms with Gasteiger partial charge in [-0.2, -0.15) is 0 Å². The molecule has 0 saturated heterocycles. The van der Waals surface area contributed by atoms with Gasteiger partial charge in [-0.25, -0.2) is 9.97 Å². The minimum atomic E-state index is 0.773. The van der Waals surface area contributed by atoms with Crippen molar-refractivity contribution in [1.29, 1.82) is 0 Å². The molecule has 0 radical (unpaired) electrons. The van der Waals surface area contributed by atoms with Crippen LogP contribution in [0.25, 0.3) is 10.7 Å². The molecule has 0 bridgehead atoms. The van der Waals surface area contributed by atoms with Crippen LogP contribution in [0.2, 0.25) is 0 Å². The molecule has 1 N–H and O–H groups in total. The first-order valence-corrected chi connectivity index (χ1v) is 6.72. The van der Waals surface area contributed by atoms with Crippen molar-refractivity contribution in [1.82, 2.24) is 15.0 Å². The number of nitrogens with one attached hydrogen (secondary N) is 1. The Hall–Kier alpha value is -1.49. The predicted octanol–water partition coefficient (Wildman–Crippen LogP) is 2.98. The standard InChI is InChI=1S/C12H16N4S/c1-3-5-9-6-11(14-4-2)16-12(15-9)10-7-13-8-17-10/h6-8H,3-5H2,1-2H3,(H,14,15,16). The molecule has 0 aliphatic rings. The molecule has 0 spiro atoms. The van der Waals surface area contributed by atoms with Gasteiger partial charge in [0.2, 0.25) is 0 Å². The van der Waals surface area contributed by atoms with Crippen molar-refractivity contribution in [2.45, 2.75) is 26.7 Å². The number of rotatable bonds is 5. The van der Waals surface area contributed by atoms with E-state index in [0.717, 1.165) is 41.6 Å². The van der Waals surface area contributed by atoms with Gasteiger partial charge >= 0.3 is 0 Å². The summed E-state index contributed by atoms with van der Waals surface area (Å²) in [5, 5.41) is 3.24. The molecule has 4 nitrogen and oxygen atoms in total. The normalized spacial score (nSPS) is 10.5. The molecule has 90 valence electrons. The van der Waals surface area contributed by atoms with Crippen LogP contribution >= 0.6 is 11.3 Å². The first-order valence-electron chi connectivity index (χ1n) is 5.84. The van der Waals surface area contributed by atoms with E-state index in [4.69, 9.17) is 0 Å². The Morgan fingerprint density at radius 1 is 1.29 bits per heavy atom. The van der Waals surface area contributed by atoms with Crippen LogP contribution < -0.4 is 5.32 Å². The Morgan fingerprint density at radius 3 is 2.82 bits per heavy atom. The van der Waals surface area contributed by atoms with Crippen molar-refractivity contribution in [3.63, 3.8) is 0 Å². The molecule has 0 aliphatic carbocycles. The van der Waals surface area contributed by atoms with Gasteiger partial charge in [-0.3, -0.25) is 4.98 Å². The Bertz CT molecular complexity index is 443. The smallest absolute Gasteiger partial charge is 0.173 e. The fourth-order valence-corrected chi connectivity index (χ4v) is 2.14. The number of anilines is 1. The minimum Gasteiger partial charge on any atom is -0.370 e. The second-order valence-electron chi connectivity index (χ2n) is 3.71. The molecular weight excluding hydrogens is 232 g/mol. The third-order valence-corrected chi connectivity index (χ3v) is 3.06. The lowest BCUT2D eigenvalue weighted by atomic mass is 10.2. The zero-order chi connectivity index (χ0) is 12.1.